The van der Waals surface area contributed by atoms with E-state index in [9.17, 15) is 0 Å². The van der Waals surface area contributed by atoms with Crippen LogP contribution in [-0.4, -0.2) is 31.9 Å². The minimum Gasteiger partial charge on any atom is -0.483 e. The van der Waals surface area contributed by atoms with Gasteiger partial charge in [0.05, 0.1) is 6.61 Å². The number of para-hydroxylation sites is 2. The van der Waals surface area contributed by atoms with Crippen LogP contribution in [0.5, 0.6) is 11.5 Å². The van der Waals surface area contributed by atoms with E-state index in [2.05, 4.69) is 24.0 Å². The van der Waals surface area contributed by atoms with Crippen molar-refractivity contribution in [3.8, 4) is 11.5 Å². The third kappa shape index (κ3) is 4.62. The molecule has 3 rings (SSSR count). The highest BCUT2D eigenvalue weighted by molar-refractivity contribution is 5.40. The van der Waals surface area contributed by atoms with Crippen LogP contribution in [0, 0.1) is 0 Å². The van der Waals surface area contributed by atoms with Crippen LogP contribution in [0.25, 0.3) is 0 Å². The van der Waals surface area contributed by atoms with E-state index >= 15 is 0 Å². The molecule has 3 unspecified atom stereocenters. The van der Waals surface area contributed by atoms with Gasteiger partial charge in [0.15, 0.2) is 17.6 Å². The number of hydrogen-bond donors (Lipinski definition) is 1. The Bertz CT molecular complexity index is 668. The zero-order valence-corrected chi connectivity index (χ0v) is 14.6. The Kier molecular flexibility index (Phi) is 6.09. The summed E-state index contributed by atoms with van der Waals surface area (Å²) in [5.74, 6) is 1.42. The summed E-state index contributed by atoms with van der Waals surface area (Å²) in [5.41, 5.74) is 1.09. The molecule has 1 heterocycles. The van der Waals surface area contributed by atoms with E-state index in [4.69, 9.17) is 14.2 Å². The first kappa shape index (κ1) is 17.5. The highest BCUT2D eigenvalue weighted by atomic mass is 16.6. The molecule has 4 heteroatoms. The lowest BCUT2D eigenvalue weighted by molar-refractivity contribution is -0.0440. The van der Waals surface area contributed by atoms with Crippen molar-refractivity contribution in [1.29, 1.82) is 0 Å². The smallest absolute Gasteiger partial charge is 0.162 e. The largest absolute Gasteiger partial charge is 0.483 e. The van der Waals surface area contributed by atoms with Gasteiger partial charge in [0.1, 0.15) is 12.2 Å². The summed E-state index contributed by atoms with van der Waals surface area (Å²) in [5, 5.41) is 3.38. The third-order valence-corrected chi connectivity index (χ3v) is 4.17. The van der Waals surface area contributed by atoms with E-state index in [0.717, 1.165) is 18.7 Å². The third-order valence-electron chi connectivity index (χ3n) is 4.17. The Labute approximate surface area is 149 Å². The summed E-state index contributed by atoms with van der Waals surface area (Å²) < 4.78 is 18.3. The summed E-state index contributed by atoms with van der Waals surface area (Å²) in [6.07, 6.45) is 1.41. The molecule has 0 radical (unpaired) electrons. The Morgan fingerprint density at radius 3 is 2.40 bits per heavy atom. The Morgan fingerprint density at radius 2 is 1.76 bits per heavy atom. The molecule has 1 aliphatic rings. The van der Waals surface area contributed by atoms with E-state index in [0.29, 0.717) is 18.1 Å². The van der Waals surface area contributed by atoms with Gasteiger partial charge in [-0.25, -0.2) is 0 Å². The van der Waals surface area contributed by atoms with Crippen molar-refractivity contribution in [2.24, 2.45) is 0 Å². The van der Waals surface area contributed by atoms with Crippen molar-refractivity contribution < 1.29 is 14.2 Å². The molecule has 1 fully saturated rings. The quantitative estimate of drug-likeness (QED) is 0.780. The van der Waals surface area contributed by atoms with Crippen LogP contribution in [0.15, 0.2) is 67.3 Å². The van der Waals surface area contributed by atoms with Crippen molar-refractivity contribution in [3.63, 3.8) is 0 Å². The molecule has 0 saturated carbocycles. The molecule has 25 heavy (non-hydrogen) atoms. The number of benzene rings is 2. The maximum absolute atomic E-state index is 6.39. The van der Waals surface area contributed by atoms with Gasteiger partial charge in [0.25, 0.3) is 0 Å². The van der Waals surface area contributed by atoms with E-state index in [-0.39, 0.29) is 18.3 Å². The van der Waals surface area contributed by atoms with Gasteiger partial charge in [-0.05, 0) is 24.6 Å². The lowest BCUT2D eigenvalue weighted by Gasteiger charge is -2.32. The van der Waals surface area contributed by atoms with Gasteiger partial charge in [-0.3, -0.25) is 0 Å². The zero-order chi connectivity index (χ0) is 17.5. The maximum atomic E-state index is 6.39. The monoisotopic (exact) mass is 339 g/mol. The predicted octanol–water partition coefficient (Wildman–Crippen LogP) is 3.75. The summed E-state index contributed by atoms with van der Waals surface area (Å²) in [6, 6.07) is 17.9. The highest BCUT2D eigenvalue weighted by Crippen LogP contribution is 2.34. The fourth-order valence-electron chi connectivity index (χ4n) is 2.81. The molecule has 1 N–H and O–H groups in total. The average Bonchev–Trinajstić information content (AvgIpc) is 2.68. The first-order valence-corrected chi connectivity index (χ1v) is 8.70. The van der Waals surface area contributed by atoms with E-state index in [1.165, 1.54) is 0 Å². The number of ether oxygens (including phenoxy) is 3. The standard InChI is InChI=1S/C21H25NO3/c1-3-16(2)24-18-11-7-8-12-19(18)25-21(17-9-5-4-6-10-17)20-15-22-13-14-23-20/h3-12,16,20-22H,1,13-15H2,2H3. The molecule has 1 aliphatic heterocycles. The molecule has 132 valence electrons. The maximum Gasteiger partial charge on any atom is 0.162 e. The van der Waals surface area contributed by atoms with E-state index in [1.54, 1.807) is 6.08 Å². The van der Waals surface area contributed by atoms with Gasteiger partial charge < -0.3 is 19.5 Å². The first-order valence-electron chi connectivity index (χ1n) is 8.70. The van der Waals surface area contributed by atoms with Gasteiger partial charge in [0, 0.05) is 13.1 Å². The molecular weight excluding hydrogens is 314 g/mol. The van der Waals surface area contributed by atoms with Crippen LogP contribution in [0.2, 0.25) is 0 Å². The Hall–Kier alpha value is -2.30. The molecule has 0 aliphatic carbocycles. The SMILES string of the molecule is C=CC(C)Oc1ccccc1OC(c1ccccc1)C1CNCCO1. The molecule has 0 aromatic heterocycles. The Balaban J connectivity index is 1.86. The van der Waals surface area contributed by atoms with Crippen LogP contribution in [0.1, 0.15) is 18.6 Å². The number of rotatable bonds is 7. The fraction of sp³-hybridized carbons (Fsp3) is 0.333. The minimum absolute atomic E-state index is 0.0546. The van der Waals surface area contributed by atoms with Crippen molar-refractivity contribution in [3.05, 3.63) is 72.8 Å². The minimum atomic E-state index is -0.210. The lowest BCUT2D eigenvalue weighted by Crippen LogP contribution is -2.43. The number of morpholine rings is 1. The summed E-state index contributed by atoms with van der Waals surface area (Å²) in [4.78, 5) is 0. The second-order valence-corrected chi connectivity index (χ2v) is 6.07. The topological polar surface area (TPSA) is 39.7 Å². The van der Waals surface area contributed by atoms with Crippen LogP contribution in [0.3, 0.4) is 0 Å². The first-order chi connectivity index (χ1) is 12.3. The molecule has 2 aromatic carbocycles. The van der Waals surface area contributed by atoms with Crippen molar-refractivity contribution >= 4 is 0 Å². The normalized spacial score (nSPS) is 19.6. The van der Waals surface area contributed by atoms with Gasteiger partial charge in [-0.1, -0.05) is 55.1 Å². The molecule has 2 aromatic rings. The highest BCUT2D eigenvalue weighted by Gasteiger charge is 2.28. The average molecular weight is 339 g/mol. The molecular formula is C21H25NO3. The van der Waals surface area contributed by atoms with Crippen LogP contribution in [0.4, 0.5) is 0 Å². The second-order valence-electron chi connectivity index (χ2n) is 6.07. The van der Waals surface area contributed by atoms with Crippen LogP contribution in [-0.2, 0) is 4.74 Å². The van der Waals surface area contributed by atoms with Crippen molar-refractivity contribution in [2.45, 2.75) is 25.2 Å². The van der Waals surface area contributed by atoms with E-state index in [1.807, 2.05) is 49.4 Å². The predicted molar refractivity (Wildman–Crippen MR) is 99.1 cm³/mol. The molecule has 1 saturated heterocycles. The van der Waals surface area contributed by atoms with Gasteiger partial charge in [0.2, 0.25) is 0 Å². The van der Waals surface area contributed by atoms with E-state index < -0.39 is 0 Å². The number of hydrogen-bond acceptors (Lipinski definition) is 4. The zero-order valence-electron chi connectivity index (χ0n) is 14.6. The van der Waals surface area contributed by atoms with Crippen molar-refractivity contribution in [2.75, 3.05) is 19.7 Å². The fourth-order valence-corrected chi connectivity index (χ4v) is 2.81. The lowest BCUT2D eigenvalue weighted by atomic mass is 10.0. The van der Waals surface area contributed by atoms with Crippen LogP contribution >= 0.6 is 0 Å². The summed E-state index contributed by atoms with van der Waals surface area (Å²) >= 11 is 0. The molecule has 0 amide bonds. The molecule has 3 atom stereocenters. The van der Waals surface area contributed by atoms with Crippen LogP contribution < -0.4 is 14.8 Å². The van der Waals surface area contributed by atoms with Gasteiger partial charge >= 0.3 is 0 Å². The summed E-state index contributed by atoms with van der Waals surface area (Å²) in [6.45, 7) is 8.03. The van der Waals surface area contributed by atoms with Crippen molar-refractivity contribution in [1.82, 2.24) is 5.32 Å². The van der Waals surface area contributed by atoms with Gasteiger partial charge in [-0.15, -0.1) is 0 Å². The van der Waals surface area contributed by atoms with Gasteiger partial charge in [-0.2, -0.15) is 0 Å². The molecule has 0 spiro atoms. The number of nitrogens with one attached hydrogen (secondary N) is 1. The Morgan fingerprint density at radius 1 is 1.08 bits per heavy atom. The summed E-state index contributed by atoms with van der Waals surface area (Å²) in [7, 11) is 0. The molecule has 0 bridgehead atoms. The molecule has 4 nitrogen and oxygen atoms in total. The second kappa shape index (κ2) is 8.70.